The molecule has 3 aromatic heterocycles. The van der Waals surface area contributed by atoms with E-state index in [4.69, 9.17) is 11.5 Å². The van der Waals surface area contributed by atoms with Crippen LogP contribution in [0, 0.1) is 0 Å². The zero-order valence-corrected chi connectivity index (χ0v) is 21.3. The van der Waals surface area contributed by atoms with Gasteiger partial charge in [-0.1, -0.05) is 22.6 Å². The number of alkyl halides is 1. The number of amides is 2. The molecule has 2 saturated heterocycles. The number of nitrogen functional groups attached to an aromatic ring is 2. The number of halogens is 1. The molecular weight excluding hydrogens is 577 g/mol. The molecule has 2 amide bonds. The Hall–Kier alpha value is -3.82. The highest BCUT2D eigenvalue weighted by molar-refractivity contribution is 14.1. The van der Waals surface area contributed by atoms with Crippen LogP contribution in [0.4, 0.5) is 11.6 Å². The van der Waals surface area contributed by atoms with E-state index in [-0.39, 0.29) is 28.8 Å². The van der Waals surface area contributed by atoms with Crippen molar-refractivity contribution in [3.05, 3.63) is 53.7 Å². The van der Waals surface area contributed by atoms with Crippen LogP contribution in [-0.4, -0.2) is 72.6 Å². The Morgan fingerprint density at radius 2 is 1.97 bits per heavy atom. The molecule has 3 aromatic rings. The SMILES string of the molecule is Nc1nc(N)c(C(=O)/N=C2\NCC3(CCN(C(=O)c4ccc(-n5cccn5)nc4)CC3)N2)nc1CI. The molecule has 2 fully saturated rings. The minimum atomic E-state index is -0.600. The first-order valence-corrected chi connectivity index (χ1v) is 12.8. The van der Waals surface area contributed by atoms with E-state index in [0.717, 1.165) is 0 Å². The second-order valence-corrected chi connectivity index (χ2v) is 9.36. The molecule has 0 radical (unpaired) electrons. The van der Waals surface area contributed by atoms with Gasteiger partial charge in [-0.05, 0) is 31.0 Å². The molecule has 0 saturated carbocycles. The van der Waals surface area contributed by atoms with Crippen molar-refractivity contribution in [3.63, 3.8) is 0 Å². The number of pyridine rings is 1. The van der Waals surface area contributed by atoms with Crippen LogP contribution >= 0.6 is 22.6 Å². The molecule has 0 unspecified atom stereocenters. The fourth-order valence-corrected chi connectivity index (χ4v) is 4.80. The van der Waals surface area contributed by atoms with Crippen molar-refractivity contribution in [2.24, 2.45) is 4.99 Å². The fraction of sp³-hybridized carbons (Fsp3) is 0.318. The predicted molar refractivity (Wildman–Crippen MR) is 141 cm³/mol. The van der Waals surface area contributed by atoms with E-state index in [1.54, 1.807) is 35.4 Å². The number of hydrogen-bond acceptors (Lipinski definition) is 8. The molecular formula is C22H24IN11O2. The molecule has 5 heterocycles. The van der Waals surface area contributed by atoms with E-state index in [2.05, 4.69) is 58.3 Å². The smallest absolute Gasteiger partial charge is 0.302 e. The standard InChI is InChI=1S/C22H24IN11O2/c23-10-14-17(24)30-18(25)16(29-14)19(35)31-21-27-12-22(32-21)4-8-33(9-5-22)20(36)13-2-3-15(26-11-13)34-7-1-6-28-34/h1-3,6-7,11H,4-5,8-10,12H2,(H4,24,25,30)(H2,27,31,32,35). The summed E-state index contributed by atoms with van der Waals surface area (Å²) in [4.78, 5) is 44.2. The number of hydrogen-bond donors (Lipinski definition) is 4. The van der Waals surface area contributed by atoms with Crippen molar-refractivity contribution in [1.29, 1.82) is 0 Å². The van der Waals surface area contributed by atoms with Gasteiger partial charge < -0.3 is 27.0 Å². The predicted octanol–water partition coefficient (Wildman–Crippen LogP) is 0.521. The Labute approximate surface area is 219 Å². The van der Waals surface area contributed by atoms with Gasteiger partial charge in [-0.15, -0.1) is 0 Å². The van der Waals surface area contributed by atoms with Gasteiger partial charge in [-0.2, -0.15) is 10.1 Å². The van der Waals surface area contributed by atoms with E-state index in [9.17, 15) is 9.59 Å². The maximum absolute atomic E-state index is 13.0. The molecule has 0 bridgehead atoms. The number of aliphatic imine (C=N–C) groups is 1. The van der Waals surface area contributed by atoms with E-state index < -0.39 is 5.91 Å². The summed E-state index contributed by atoms with van der Waals surface area (Å²) in [6.07, 6.45) is 6.43. The van der Waals surface area contributed by atoms with E-state index >= 15 is 0 Å². The molecule has 186 valence electrons. The number of aromatic nitrogens is 5. The molecule has 36 heavy (non-hydrogen) atoms. The van der Waals surface area contributed by atoms with E-state index in [1.165, 1.54) is 0 Å². The first kappa shape index (κ1) is 23.9. The highest BCUT2D eigenvalue weighted by Crippen LogP contribution is 2.26. The van der Waals surface area contributed by atoms with Crippen molar-refractivity contribution in [1.82, 2.24) is 40.3 Å². The lowest BCUT2D eigenvalue weighted by molar-refractivity contribution is 0.0668. The second-order valence-electron chi connectivity index (χ2n) is 8.60. The molecule has 5 rings (SSSR count). The van der Waals surface area contributed by atoms with Gasteiger partial charge in [-0.3, -0.25) is 9.59 Å². The Kier molecular flexibility index (Phi) is 6.42. The van der Waals surface area contributed by atoms with Gasteiger partial charge in [0.05, 0.1) is 16.8 Å². The van der Waals surface area contributed by atoms with Gasteiger partial charge >= 0.3 is 5.91 Å². The van der Waals surface area contributed by atoms with Crippen LogP contribution in [-0.2, 0) is 4.43 Å². The van der Waals surface area contributed by atoms with Crippen LogP contribution in [0.1, 0.15) is 39.4 Å². The molecule has 1 spiro atoms. The van der Waals surface area contributed by atoms with Crippen molar-refractivity contribution in [2.75, 3.05) is 31.1 Å². The van der Waals surface area contributed by atoms with Gasteiger partial charge in [0.1, 0.15) is 5.82 Å². The third kappa shape index (κ3) is 4.67. The van der Waals surface area contributed by atoms with Crippen molar-refractivity contribution < 1.29 is 9.59 Å². The van der Waals surface area contributed by atoms with Crippen LogP contribution in [0.15, 0.2) is 41.8 Å². The summed E-state index contributed by atoms with van der Waals surface area (Å²) < 4.78 is 2.13. The largest absolute Gasteiger partial charge is 0.382 e. The number of carbonyl (C=O) groups is 2. The lowest BCUT2D eigenvalue weighted by Crippen LogP contribution is -2.53. The maximum Gasteiger partial charge on any atom is 0.302 e. The Bertz CT molecular complexity index is 1320. The van der Waals surface area contributed by atoms with Crippen molar-refractivity contribution in [2.45, 2.75) is 22.8 Å². The first-order chi connectivity index (χ1) is 17.4. The summed E-state index contributed by atoms with van der Waals surface area (Å²) in [6, 6.07) is 5.35. The number of rotatable bonds is 4. The number of guanidine groups is 1. The first-order valence-electron chi connectivity index (χ1n) is 11.3. The third-order valence-corrected chi connectivity index (χ3v) is 7.01. The van der Waals surface area contributed by atoms with E-state index in [0.29, 0.717) is 59.9 Å². The summed E-state index contributed by atoms with van der Waals surface area (Å²) in [5, 5.41) is 10.6. The quantitative estimate of drug-likeness (QED) is 0.243. The van der Waals surface area contributed by atoms with Gasteiger partial charge in [-0.25, -0.2) is 19.6 Å². The maximum atomic E-state index is 13.0. The normalized spacial score (nSPS) is 17.7. The highest BCUT2D eigenvalue weighted by Gasteiger charge is 2.41. The molecule has 0 aliphatic carbocycles. The van der Waals surface area contributed by atoms with Crippen LogP contribution < -0.4 is 22.1 Å². The van der Waals surface area contributed by atoms with E-state index in [1.807, 2.05) is 11.0 Å². The number of nitrogens with two attached hydrogens (primary N) is 2. The molecule has 0 aromatic carbocycles. The number of likely N-dealkylation sites (tertiary alicyclic amines) is 1. The third-order valence-electron chi connectivity index (χ3n) is 6.29. The zero-order valence-electron chi connectivity index (χ0n) is 19.2. The minimum absolute atomic E-state index is 0.0273. The van der Waals surface area contributed by atoms with Crippen LogP contribution in [0.25, 0.3) is 5.82 Å². The highest BCUT2D eigenvalue weighted by atomic mass is 127. The van der Waals surface area contributed by atoms with Gasteiger partial charge in [0, 0.05) is 42.7 Å². The topological polar surface area (TPSA) is 182 Å². The number of nitrogens with one attached hydrogen (secondary N) is 2. The minimum Gasteiger partial charge on any atom is -0.382 e. The Balaban J connectivity index is 1.21. The van der Waals surface area contributed by atoms with Crippen LogP contribution in [0.5, 0.6) is 0 Å². The van der Waals surface area contributed by atoms with Gasteiger partial charge in [0.15, 0.2) is 23.3 Å². The second kappa shape index (κ2) is 9.67. The molecule has 13 nitrogen and oxygen atoms in total. The lowest BCUT2D eigenvalue weighted by Gasteiger charge is -2.38. The lowest BCUT2D eigenvalue weighted by atomic mass is 9.88. The van der Waals surface area contributed by atoms with Crippen molar-refractivity contribution in [3.8, 4) is 5.82 Å². The summed E-state index contributed by atoms with van der Waals surface area (Å²) in [5.41, 5.74) is 12.3. The number of anilines is 2. The Morgan fingerprint density at radius 1 is 1.17 bits per heavy atom. The van der Waals surface area contributed by atoms with Gasteiger partial charge in [0.25, 0.3) is 5.91 Å². The number of piperidine rings is 1. The average molecular weight is 601 g/mol. The van der Waals surface area contributed by atoms with Gasteiger partial charge in [0.2, 0.25) is 0 Å². The summed E-state index contributed by atoms with van der Waals surface area (Å²) >= 11 is 2.09. The molecule has 14 heteroatoms. The molecule has 6 N–H and O–H groups in total. The van der Waals surface area contributed by atoms with Crippen molar-refractivity contribution >= 4 is 52.0 Å². The average Bonchev–Trinajstić information content (AvgIpc) is 3.55. The number of nitrogens with zero attached hydrogens (tertiary/aromatic N) is 7. The number of carbonyl (C=O) groups excluding carboxylic acids is 2. The summed E-state index contributed by atoms with van der Waals surface area (Å²) in [5.74, 6) is 0.483. The monoisotopic (exact) mass is 601 g/mol. The molecule has 2 aliphatic rings. The zero-order chi connectivity index (χ0) is 25.3. The van der Waals surface area contributed by atoms with Crippen LogP contribution in [0.2, 0.25) is 0 Å². The summed E-state index contributed by atoms with van der Waals surface area (Å²) in [7, 11) is 0. The summed E-state index contributed by atoms with van der Waals surface area (Å²) in [6.45, 7) is 1.71. The molecule has 0 atom stereocenters. The Morgan fingerprint density at radius 3 is 2.64 bits per heavy atom. The fourth-order valence-electron chi connectivity index (χ4n) is 4.24. The van der Waals surface area contributed by atoms with Crippen LogP contribution in [0.3, 0.4) is 0 Å². The molecule has 2 aliphatic heterocycles.